The second-order valence-electron chi connectivity index (χ2n) is 4.52. The number of carbonyl (C=O) groups excluding carboxylic acids is 1. The smallest absolute Gasteiger partial charge is 0.354 e. The largest absolute Gasteiger partial charge is 0.477 e. The van der Waals surface area contributed by atoms with Crippen molar-refractivity contribution in [3.63, 3.8) is 0 Å². The highest BCUT2D eigenvalue weighted by molar-refractivity contribution is 8.00. The van der Waals surface area contributed by atoms with E-state index >= 15 is 0 Å². The molecule has 1 aromatic heterocycles. The average Bonchev–Trinajstić information content (AvgIpc) is 2.95. The molecular formula is C11H15N3O3S. The molecule has 18 heavy (non-hydrogen) atoms. The summed E-state index contributed by atoms with van der Waals surface area (Å²) in [5.41, 5.74) is -0.231. The molecular weight excluding hydrogens is 254 g/mol. The quantitative estimate of drug-likeness (QED) is 0.761. The van der Waals surface area contributed by atoms with E-state index < -0.39 is 11.9 Å². The van der Waals surface area contributed by atoms with Crippen LogP contribution in [0.1, 0.15) is 40.7 Å². The first-order valence-electron chi connectivity index (χ1n) is 5.71. The van der Waals surface area contributed by atoms with Crippen LogP contribution in [0.4, 0.5) is 0 Å². The van der Waals surface area contributed by atoms with Crippen molar-refractivity contribution in [2.75, 3.05) is 12.3 Å². The first-order valence-corrected chi connectivity index (χ1v) is 6.69. The third-order valence-electron chi connectivity index (χ3n) is 2.99. The molecule has 0 spiro atoms. The Morgan fingerprint density at radius 2 is 2.44 bits per heavy atom. The van der Waals surface area contributed by atoms with Gasteiger partial charge in [0, 0.05) is 11.3 Å². The van der Waals surface area contributed by atoms with Crippen molar-refractivity contribution in [3.8, 4) is 0 Å². The Bertz CT molecular complexity index is 466. The predicted octanol–water partition coefficient (Wildman–Crippen LogP) is 1.12. The number of aromatic amines is 1. The Kier molecular flexibility index (Phi) is 3.60. The fourth-order valence-corrected chi connectivity index (χ4v) is 3.20. The topological polar surface area (TPSA) is 95.1 Å². The Labute approximate surface area is 109 Å². The second kappa shape index (κ2) is 5.01. The number of carboxylic acids is 1. The number of rotatable bonds is 4. The minimum Gasteiger partial charge on any atom is -0.477 e. The van der Waals surface area contributed by atoms with E-state index in [4.69, 9.17) is 5.11 Å². The minimum atomic E-state index is -1.18. The number of hydrogen-bond acceptors (Lipinski definition) is 4. The van der Waals surface area contributed by atoms with Gasteiger partial charge in [0.2, 0.25) is 0 Å². The molecule has 2 heterocycles. The average molecular weight is 269 g/mol. The van der Waals surface area contributed by atoms with Crippen molar-refractivity contribution in [2.45, 2.75) is 24.5 Å². The molecule has 0 bridgehead atoms. The number of nitrogens with one attached hydrogen (secondary N) is 2. The fraction of sp³-hybridized carbons (Fsp3) is 0.545. The van der Waals surface area contributed by atoms with Gasteiger partial charge in [-0.1, -0.05) is 0 Å². The summed E-state index contributed by atoms with van der Waals surface area (Å²) in [7, 11) is 0. The van der Waals surface area contributed by atoms with Gasteiger partial charge in [-0.3, -0.25) is 4.79 Å². The van der Waals surface area contributed by atoms with Crippen LogP contribution >= 0.6 is 11.8 Å². The molecule has 0 saturated carbocycles. The molecule has 1 aromatic rings. The van der Waals surface area contributed by atoms with Gasteiger partial charge in [-0.25, -0.2) is 9.78 Å². The molecule has 0 radical (unpaired) electrons. The number of hydrogen-bond donors (Lipinski definition) is 3. The van der Waals surface area contributed by atoms with Gasteiger partial charge < -0.3 is 15.4 Å². The molecule has 7 heteroatoms. The SMILES string of the molecule is CC1(CNC(=O)c2nc[nH]c2C(=O)O)CCCS1. The summed E-state index contributed by atoms with van der Waals surface area (Å²) < 4.78 is 0.0509. The second-order valence-corrected chi connectivity index (χ2v) is 6.20. The maximum absolute atomic E-state index is 11.9. The molecule has 6 nitrogen and oxygen atoms in total. The number of aromatic nitrogens is 2. The third kappa shape index (κ3) is 2.66. The summed E-state index contributed by atoms with van der Waals surface area (Å²) >= 11 is 1.84. The number of amides is 1. The van der Waals surface area contributed by atoms with Crippen molar-refractivity contribution >= 4 is 23.6 Å². The number of imidazole rings is 1. The molecule has 1 unspecified atom stereocenters. The Balaban J connectivity index is 1.99. The Morgan fingerprint density at radius 1 is 1.67 bits per heavy atom. The lowest BCUT2D eigenvalue weighted by Gasteiger charge is -2.22. The lowest BCUT2D eigenvalue weighted by Crippen LogP contribution is -2.37. The molecule has 0 aromatic carbocycles. The zero-order valence-corrected chi connectivity index (χ0v) is 10.8. The summed E-state index contributed by atoms with van der Waals surface area (Å²) in [4.78, 5) is 28.9. The van der Waals surface area contributed by atoms with E-state index in [1.165, 1.54) is 6.33 Å². The number of carbonyl (C=O) groups is 2. The minimum absolute atomic E-state index is 0.0509. The van der Waals surface area contributed by atoms with E-state index in [0.29, 0.717) is 6.54 Å². The van der Waals surface area contributed by atoms with Gasteiger partial charge >= 0.3 is 5.97 Å². The Hall–Kier alpha value is -1.50. The molecule has 1 saturated heterocycles. The zero-order chi connectivity index (χ0) is 13.2. The van der Waals surface area contributed by atoms with E-state index in [1.807, 2.05) is 11.8 Å². The van der Waals surface area contributed by atoms with Crippen molar-refractivity contribution < 1.29 is 14.7 Å². The summed E-state index contributed by atoms with van der Waals surface area (Å²) in [6, 6.07) is 0. The number of nitrogens with zero attached hydrogens (tertiary/aromatic N) is 1. The number of H-pyrrole nitrogens is 1. The molecule has 98 valence electrons. The van der Waals surface area contributed by atoms with Gasteiger partial charge in [-0.2, -0.15) is 11.8 Å². The summed E-state index contributed by atoms with van der Waals surface area (Å²) in [6.45, 7) is 2.63. The number of carboxylic acid groups (broad SMARTS) is 1. The van der Waals surface area contributed by atoms with E-state index in [9.17, 15) is 9.59 Å². The van der Waals surface area contributed by atoms with Gasteiger partial charge in [0.25, 0.3) is 5.91 Å². The molecule has 1 aliphatic heterocycles. The lowest BCUT2D eigenvalue weighted by molar-refractivity contribution is 0.0685. The van der Waals surface area contributed by atoms with E-state index in [-0.39, 0.29) is 16.1 Å². The molecule has 1 aliphatic rings. The monoisotopic (exact) mass is 269 g/mol. The van der Waals surface area contributed by atoms with Crippen LogP contribution in [-0.4, -0.2) is 44.0 Å². The maximum atomic E-state index is 11.9. The normalized spacial score (nSPS) is 22.9. The number of thioether (sulfide) groups is 1. The van der Waals surface area contributed by atoms with Crippen LogP contribution in [0.25, 0.3) is 0 Å². The van der Waals surface area contributed by atoms with Crippen LogP contribution in [0.2, 0.25) is 0 Å². The van der Waals surface area contributed by atoms with Crippen LogP contribution < -0.4 is 5.32 Å². The van der Waals surface area contributed by atoms with Crippen molar-refractivity contribution in [3.05, 3.63) is 17.7 Å². The predicted molar refractivity (Wildman–Crippen MR) is 68.0 cm³/mol. The van der Waals surface area contributed by atoms with Gasteiger partial charge in [-0.15, -0.1) is 0 Å². The molecule has 2 rings (SSSR count). The lowest BCUT2D eigenvalue weighted by atomic mass is 10.1. The molecule has 3 N–H and O–H groups in total. The first-order chi connectivity index (χ1) is 8.52. The van der Waals surface area contributed by atoms with Gasteiger partial charge in [0.15, 0.2) is 11.4 Å². The van der Waals surface area contributed by atoms with Crippen molar-refractivity contribution in [2.24, 2.45) is 0 Å². The highest BCUT2D eigenvalue weighted by Crippen LogP contribution is 2.36. The maximum Gasteiger partial charge on any atom is 0.354 e. The fourth-order valence-electron chi connectivity index (χ4n) is 1.96. The summed E-state index contributed by atoms with van der Waals surface area (Å²) in [5, 5.41) is 11.6. The highest BCUT2D eigenvalue weighted by Gasteiger charge is 2.30. The first kappa shape index (κ1) is 12.9. The van der Waals surface area contributed by atoms with Gasteiger partial charge in [-0.05, 0) is 25.5 Å². The van der Waals surface area contributed by atoms with Crippen molar-refractivity contribution in [1.82, 2.24) is 15.3 Å². The summed E-state index contributed by atoms with van der Waals surface area (Å²) in [5.74, 6) is -0.517. The van der Waals surface area contributed by atoms with Crippen LogP contribution in [0, 0.1) is 0 Å². The molecule has 1 amide bonds. The van der Waals surface area contributed by atoms with Crippen LogP contribution in [-0.2, 0) is 0 Å². The van der Waals surface area contributed by atoms with Crippen LogP contribution in [0.15, 0.2) is 6.33 Å². The molecule has 1 fully saturated rings. The highest BCUT2D eigenvalue weighted by atomic mass is 32.2. The molecule has 0 aliphatic carbocycles. The zero-order valence-electron chi connectivity index (χ0n) is 10.0. The van der Waals surface area contributed by atoms with E-state index in [0.717, 1.165) is 18.6 Å². The van der Waals surface area contributed by atoms with Gasteiger partial charge in [0.1, 0.15) is 0 Å². The van der Waals surface area contributed by atoms with Crippen molar-refractivity contribution in [1.29, 1.82) is 0 Å². The summed E-state index contributed by atoms with van der Waals surface area (Å²) in [6.07, 6.45) is 3.43. The Morgan fingerprint density at radius 3 is 3.06 bits per heavy atom. The third-order valence-corrected chi connectivity index (χ3v) is 4.53. The number of aromatic carboxylic acids is 1. The van der Waals surface area contributed by atoms with E-state index in [2.05, 4.69) is 22.2 Å². The van der Waals surface area contributed by atoms with E-state index in [1.54, 1.807) is 0 Å². The molecule has 1 atom stereocenters. The van der Waals surface area contributed by atoms with Crippen LogP contribution in [0.5, 0.6) is 0 Å². The van der Waals surface area contributed by atoms with Crippen LogP contribution in [0.3, 0.4) is 0 Å². The van der Waals surface area contributed by atoms with Gasteiger partial charge in [0.05, 0.1) is 6.33 Å². The standard InChI is InChI=1S/C11H15N3O3S/c1-11(3-2-4-18-11)5-12-9(15)7-8(10(16)17)14-6-13-7/h6H,2-5H2,1H3,(H,12,15)(H,13,14)(H,16,17).